The summed E-state index contributed by atoms with van der Waals surface area (Å²) in [5.41, 5.74) is 10.1. The predicted molar refractivity (Wildman–Crippen MR) is 115 cm³/mol. The Hall–Kier alpha value is -2.66. The summed E-state index contributed by atoms with van der Waals surface area (Å²) in [6, 6.07) is 16.5. The van der Waals surface area contributed by atoms with E-state index in [0.29, 0.717) is 18.0 Å². The molecule has 1 heterocycles. The minimum Gasteiger partial charge on any atom is -0.366 e. The number of aromatic nitrogens is 1. The van der Waals surface area contributed by atoms with E-state index in [1.54, 1.807) is 12.1 Å². The third-order valence-corrected chi connectivity index (χ3v) is 5.96. The van der Waals surface area contributed by atoms with Gasteiger partial charge < -0.3 is 10.3 Å². The van der Waals surface area contributed by atoms with Crippen LogP contribution in [0.4, 0.5) is 4.39 Å². The number of fused-ring (bicyclic) bond motifs is 3. The maximum Gasteiger partial charge on any atom is 0.249 e. The van der Waals surface area contributed by atoms with E-state index in [1.165, 1.54) is 17.7 Å². The molecule has 0 aliphatic carbocycles. The number of hydrogen-bond acceptors (Lipinski definition) is 1. The number of nitrogens with two attached hydrogens (primary N) is 1. The zero-order valence-electron chi connectivity index (χ0n) is 15.7. The third kappa shape index (κ3) is 3.10. The second-order valence-corrected chi connectivity index (χ2v) is 8.17. The van der Waals surface area contributed by atoms with Crippen LogP contribution in [0.5, 0.6) is 0 Å². The van der Waals surface area contributed by atoms with Crippen LogP contribution in [0.3, 0.4) is 0 Å². The second-order valence-electron chi connectivity index (χ2n) is 7.32. The minimum atomic E-state index is -0.454. The molecular formula is C23H20BrFN2O. The summed E-state index contributed by atoms with van der Waals surface area (Å²) in [6.45, 7) is 4.76. The Morgan fingerprint density at radius 3 is 2.61 bits per heavy atom. The summed E-state index contributed by atoms with van der Waals surface area (Å²) >= 11 is 3.53. The van der Waals surface area contributed by atoms with Gasteiger partial charge in [0.25, 0.3) is 0 Å². The highest BCUT2D eigenvalue weighted by atomic mass is 79.9. The quantitative estimate of drug-likeness (QED) is 0.419. The lowest BCUT2D eigenvalue weighted by Gasteiger charge is -2.11. The van der Waals surface area contributed by atoms with E-state index in [4.69, 9.17) is 5.73 Å². The first-order chi connectivity index (χ1) is 13.4. The van der Waals surface area contributed by atoms with Crippen molar-refractivity contribution >= 4 is 43.6 Å². The molecule has 0 fully saturated rings. The number of carbonyl (C=O) groups excluding carboxylic acids is 1. The van der Waals surface area contributed by atoms with Gasteiger partial charge in [-0.05, 0) is 53.4 Å². The molecule has 1 amide bonds. The summed E-state index contributed by atoms with van der Waals surface area (Å²) in [4.78, 5) is 12.1. The van der Waals surface area contributed by atoms with Gasteiger partial charge in [-0.25, -0.2) is 4.39 Å². The molecule has 0 aliphatic rings. The predicted octanol–water partition coefficient (Wildman–Crippen LogP) is 5.97. The Balaban J connectivity index is 2.06. The van der Waals surface area contributed by atoms with Crippen LogP contribution in [-0.4, -0.2) is 10.5 Å². The summed E-state index contributed by atoms with van der Waals surface area (Å²) in [5.74, 6) is -0.364. The molecular weight excluding hydrogens is 419 g/mol. The van der Waals surface area contributed by atoms with Crippen molar-refractivity contribution in [2.24, 2.45) is 5.73 Å². The number of amides is 1. The molecule has 2 N–H and O–H groups in total. The van der Waals surface area contributed by atoms with E-state index < -0.39 is 5.91 Å². The number of halogens is 2. The Bertz CT molecular complexity index is 1230. The molecule has 0 saturated heterocycles. The lowest BCUT2D eigenvalue weighted by molar-refractivity contribution is 0.100. The van der Waals surface area contributed by atoms with Gasteiger partial charge in [0, 0.05) is 32.9 Å². The van der Waals surface area contributed by atoms with E-state index in [2.05, 4.69) is 52.5 Å². The van der Waals surface area contributed by atoms with Crippen molar-refractivity contribution in [1.82, 2.24) is 4.57 Å². The molecule has 3 nitrogen and oxygen atoms in total. The zero-order chi connectivity index (χ0) is 20.0. The first-order valence-corrected chi connectivity index (χ1v) is 9.94. The van der Waals surface area contributed by atoms with Crippen molar-refractivity contribution in [2.75, 3.05) is 0 Å². The van der Waals surface area contributed by atoms with Gasteiger partial charge in [0.2, 0.25) is 5.91 Å². The summed E-state index contributed by atoms with van der Waals surface area (Å²) in [5, 5.41) is 1.81. The average molecular weight is 439 g/mol. The monoisotopic (exact) mass is 438 g/mol. The fraction of sp³-hybridized carbons (Fsp3) is 0.174. The number of hydrogen-bond donors (Lipinski definition) is 1. The smallest absolute Gasteiger partial charge is 0.249 e. The topological polar surface area (TPSA) is 48.0 Å². The molecule has 0 bridgehead atoms. The highest BCUT2D eigenvalue weighted by Gasteiger charge is 2.18. The lowest BCUT2D eigenvalue weighted by atomic mass is 10.00. The fourth-order valence-electron chi connectivity index (χ4n) is 3.73. The number of carbonyl (C=O) groups is 1. The number of benzene rings is 3. The maximum atomic E-state index is 13.9. The van der Waals surface area contributed by atoms with E-state index in [1.807, 2.05) is 12.1 Å². The van der Waals surface area contributed by atoms with Crippen molar-refractivity contribution in [2.45, 2.75) is 26.3 Å². The Kier molecular flexibility index (Phi) is 4.71. The van der Waals surface area contributed by atoms with Gasteiger partial charge in [0.05, 0.1) is 5.52 Å². The van der Waals surface area contributed by atoms with E-state index in [-0.39, 0.29) is 5.82 Å². The highest BCUT2D eigenvalue weighted by Crippen LogP contribution is 2.34. The molecule has 142 valence electrons. The fourth-order valence-corrected chi connectivity index (χ4v) is 4.10. The Morgan fingerprint density at radius 2 is 1.89 bits per heavy atom. The molecule has 4 aromatic rings. The van der Waals surface area contributed by atoms with E-state index in [0.717, 1.165) is 31.8 Å². The maximum absolute atomic E-state index is 13.9. The van der Waals surface area contributed by atoms with E-state index >= 15 is 0 Å². The molecule has 28 heavy (non-hydrogen) atoms. The van der Waals surface area contributed by atoms with Crippen LogP contribution in [0.25, 0.3) is 21.8 Å². The lowest BCUT2D eigenvalue weighted by Crippen LogP contribution is -2.11. The van der Waals surface area contributed by atoms with Crippen molar-refractivity contribution in [3.63, 3.8) is 0 Å². The first kappa shape index (κ1) is 18.7. The average Bonchev–Trinajstić information content (AvgIpc) is 2.98. The van der Waals surface area contributed by atoms with Gasteiger partial charge in [0.1, 0.15) is 5.82 Å². The van der Waals surface area contributed by atoms with Crippen LogP contribution >= 0.6 is 15.9 Å². The van der Waals surface area contributed by atoms with E-state index in [9.17, 15) is 9.18 Å². The zero-order valence-corrected chi connectivity index (χ0v) is 17.3. The SMILES string of the molecule is CC(C)c1ccc2c3c(C(N)=O)cccc3n(Cc3cc(F)ccc3Br)c2c1. The van der Waals surface area contributed by atoms with Crippen molar-refractivity contribution < 1.29 is 9.18 Å². The minimum absolute atomic E-state index is 0.278. The summed E-state index contributed by atoms with van der Waals surface area (Å²) < 4.78 is 16.8. The third-order valence-electron chi connectivity index (χ3n) is 5.18. The van der Waals surface area contributed by atoms with Gasteiger partial charge in [0.15, 0.2) is 0 Å². The van der Waals surface area contributed by atoms with Crippen molar-refractivity contribution in [3.8, 4) is 0 Å². The summed E-state index contributed by atoms with van der Waals surface area (Å²) in [7, 11) is 0. The van der Waals surface area contributed by atoms with Crippen LogP contribution < -0.4 is 5.73 Å². The van der Waals surface area contributed by atoms with Crippen LogP contribution in [0, 0.1) is 5.82 Å². The molecule has 0 unspecified atom stereocenters. The van der Waals surface area contributed by atoms with Gasteiger partial charge in [-0.1, -0.05) is 48.0 Å². The Morgan fingerprint density at radius 1 is 1.11 bits per heavy atom. The number of primary amides is 1. The highest BCUT2D eigenvalue weighted by molar-refractivity contribution is 9.10. The number of nitrogens with zero attached hydrogens (tertiary/aromatic N) is 1. The number of rotatable bonds is 4. The van der Waals surface area contributed by atoms with Crippen LogP contribution in [0.2, 0.25) is 0 Å². The molecule has 0 atom stereocenters. The van der Waals surface area contributed by atoms with Crippen molar-refractivity contribution in [3.05, 3.63) is 81.6 Å². The van der Waals surface area contributed by atoms with Gasteiger partial charge >= 0.3 is 0 Å². The van der Waals surface area contributed by atoms with Gasteiger partial charge in [-0.15, -0.1) is 0 Å². The summed E-state index contributed by atoms with van der Waals surface area (Å²) in [6.07, 6.45) is 0. The van der Waals surface area contributed by atoms with Crippen LogP contribution in [-0.2, 0) is 6.54 Å². The van der Waals surface area contributed by atoms with Crippen molar-refractivity contribution in [1.29, 1.82) is 0 Å². The molecule has 3 aromatic carbocycles. The second kappa shape index (κ2) is 7.06. The van der Waals surface area contributed by atoms with Gasteiger partial charge in [-0.3, -0.25) is 4.79 Å². The van der Waals surface area contributed by atoms with Gasteiger partial charge in [-0.2, -0.15) is 0 Å². The van der Waals surface area contributed by atoms with Crippen LogP contribution in [0.15, 0.2) is 59.1 Å². The molecule has 0 saturated carbocycles. The molecule has 1 aromatic heterocycles. The largest absolute Gasteiger partial charge is 0.366 e. The Labute approximate surface area is 171 Å². The molecule has 0 aliphatic heterocycles. The standard InChI is InChI=1S/C23H20BrFN2O/c1-13(2)14-6-8-17-21(11-14)27(12-15-10-16(25)7-9-19(15)24)20-5-3-4-18(22(17)20)23(26)28/h3-11,13H,12H2,1-2H3,(H2,26,28). The molecule has 0 spiro atoms. The van der Waals surface area contributed by atoms with Crippen LogP contribution in [0.1, 0.15) is 41.3 Å². The normalized spacial score (nSPS) is 11.6. The first-order valence-electron chi connectivity index (χ1n) is 9.15. The molecule has 0 radical (unpaired) electrons. The molecule has 5 heteroatoms. The molecule has 4 rings (SSSR count).